The molecule has 3 fully saturated rings. The average Bonchev–Trinajstić information content (AvgIpc) is 3.49. The third-order valence-electron chi connectivity index (χ3n) is 5.93. The summed E-state index contributed by atoms with van der Waals surface area (Å²) in [5.41, 5.74) is 0. The lowest BCUT2D eigenvalue weighted by Crippen LogP contribution is -2.48. The van der Waals surface area contributed by atoms with Crippen molar-refractivity contribution in [3.05, 3.63) is 18.5 Å². The van der Waals surface area contributed by atoms with E-state index in [4.69, 9.17) is 0 Å². The van der Waals surface area contributed by atoms with E-state index in [9.17, 15) is 4.79 Å². The highest BCUT2D eigenvalue weighted by Gasteiger charge is 2.39. The molecule has 4 rings (SSSR count). The summed E-state index contributed by atoms with van der Waals surface area (Å²) in [4.78, 5) is 26.1. The number of piperidine rings is 1. The van der Waals surface area contributed by atoms with E-state index < -0.39 is 0 Å². The summed E-state index contributed by atoms with van der Waals surface area (Å²) in [6.07, 6.45) is 13.1. The molecule has 1 aromatic heterocycles. The first-order chi connectivity index (χ1) is 11.8. The van der Waals surface area contributed by atoms with Gasteiger partial charge >= 0.3 is 0 Å². The highest BCUT2D eigenvalue weighted by Crippen LogP contribution is 2.36. The van der Waals surface area contributed by atoms with Gasteiger partial charge in [-0.15, -0.1) is 0 Å². The van der Waals surface area contributed by atoms with Crippen LogP contribution in [0, 0.1) is 11.8 Å². The van der Waals surface area contributed by atoms with Crippen molar-refractivity contribution in [2.24, 2.45) is 11.8 Å². The highest BCUT2D eigenvalue weighted by atomic mass is 16.2. The van der Waals surface area contributed by atoms with Gasteiger partial charge < -0.3 is 9.80 Å². The number of carbonyl (C=O) groups excluding carboxylic acids is 1. The summed E-state index contributed by atoms with van der Waals surface area (Å²) in [5, 5.41) is 0. The zero-order valence-corrected chi connectivity index (χ0v) is 14.4. The fourth-order valence-electron chi connectivity index (χ4n) is 4.40. The van der Waals surface area contributed by atoms with Crippen molar-refractivity contribution in [2.75, 3.05) is 24.5 Å². The maximum absolute atomic E-state index is 12.7. The van der Waals surface area contributed by atoms with Crippen molar-refractivity contribution in [2.45, 2.75) is 57.4 Å². The number of rotatable bonds is 3. The van der Waals surface area contributed by atoms with Gasteiger partial charge in [-0.05, 0) is 50.5 Å². The minimum absolute atomic E-state index is 0.350. The third kappa shape index (κ3) is 3.40. The second kappa shape index (κ2) is 7.08. The van der Waals surface area contributed by atoms with Crippen LogP contribution in [0.15, 0.2) is 18.5 Å². The van der Waals surface area contributed by atoms with Crippen LogP contribution >= 0.6 is 0 Å². The fraction of sp³-hybridized carbons (Fsp3) is 0.737. The summed E-state index contributed by atoms with van der Waals surface area (Å²) < 4.78 is 0. The third-order valence-corrected chi connectivity index (χ3v) is 5.93. The van der Waals surface area contributed by atoms with Gasteiger partial charge in [-0.3, -0.25) is 4.79 Å². The smallest absolute Gasteiger partial charge is 0.225 e. The van der Waals surface area contributed by atoms with E-state index in [0.717, 1.165) is 51.3 Å². The van der Waals surface area contributed by atoms with E-state index >= 15 is 0 Å². The monoisotopic (exact) mass is 328 g/mol. The molecule has 0 radical (unpaired) electrons. The number of hydrogen-bond donors (Lipinski definition) is 0. The van der Waals surface area contributed by atoms with Crippen LogP contribution < -0.4 is 4.90 Å². The van der Waals surface area contributed by atoms with Crippen molar-refractivity contribution in [1.29, 1.82) is 0 Å². The van der Waals surface area contributed by atoms with Crippen LogP contribution in [-0.2, 0) is 4.79 Å². The zero-order valence-electron chi connectivity index (χ0n) is 14.4. The number of nitrogens with zero attached hydrogens (tertiary/aromatic N) is 4. The van der Waals surface area contributed by atoms with E-state index in [1.165, 1.54) is 25.7 Å². The lowest BCUT2D eigenvalue weighted by molar-refractivity contribution is -0.136. The predicted molar refractivity (Wildman–Crippen MR) is 93.7 cm³/mol. The first-order valence-corrected chi connectivity index (χ1v) is 9.65. The normalized spacial score (nSPS) is 26.2. The van der Waals surface area contributed by atoms with Gasteiger partial charge in [0, 0.05) is 44.0 Å². The molecule has 0 N–H and O–H groups in total. The summed E-state index contributed by atoms with van der Waals surface area (Å²) in [5.74, 6) is 2.30. The number of aromatic nitrogens is 2. The highest BCUT2D eigenvalue weighted by molar-refractivity contribution is 5.81. The van der Waals surface area contributed by atoms with Crippen LogP contribution in [0.25, 0.3) is 0 Å². The lowest BCUT2D eigenvalue weighted by atomic mass is 9.86. The summed E-state index contributed by atoms with van der Waals surface area (Å²) in [6.45, 7) is 3.01. The maximum Gasteiger partial charge on any atom is 0.225 e. The molecule has 3 aliphatic rings. The first kappa shape index (κ1) is 15.9. The minimum Gasteiger partial charge on any atom is -0.341 e. The molecule has 2 aliphatic heterocycles. The summed E-state index contributed by atoms with van der Waals surface area (Å²) >= 11 is 0. The predicted octanol–water partition coefficient (Wildman–Crippen LogP) is 2.87. The van der Waals surface area contributed by atoms with Crippen LogP contribution in [0.1, 0.15) is 51.4 Å². The van der Waals surface area contributed by atoms with Crippen LogP contribution in [0.4, 0.5) is 5.95 Å². The van der Waals surface area contributed by atoms with Crippen molar-refractivity contribution in [1.82, 2.24) is 14.9 Å². The Kier molecular flexibility index (Phi) is 4.67. The SMILES string of the molecule is O=C(C1CC1)N1CCCCC[C@H]1C1CCN(c2ncccn2)CC1. The van der Waals surface area contributed by atoms with Gasteiger partial charge in [0.05, 0.1) is 0 Å². The van der Waals surface area contributed by atoms with Crippen LogP contribution in [0.3, 0.4) is 0 Å². The molecule has 1 amide bonds. The van der Waals surface area contributed by atoms with Gasteiger partial charge in [0.1, 0.15) is 0 Å². The second-order valence-corrected chi connectivity index (χ2v) is 7.60. The van der Waals surface area contributed by atoms with Crippen LogP contribution in [0.5, 0.6) is 0 Å². The number of likely N-dealkylation sites (tertiary alicyclic amines) is 1. The van der Waals surface area contributed by atoms with Gasteiger partial charge in [-0.25, -0.2) is 9.97 Å². The fourth-order valence-corrected chi connectivity index (χ4v) is 4.40. The molecule has 5 nitrogen and oxygen atoms in total. The first-order valence-electron chi connectivity index (χ1n) is 9.65. The molecular formula is C19H28N4O. The van der Waals surface area contributed by atoms with Crippen LogP contribution in [-0.4, -0.2) is 46.5 Å². The van der Waals surface area contributed by atoms with Gasteiger partial charge in [0.25, 0.3) is 0 Å². The number of hydrogen-bond acceptors (Lipinski definition) is 4. The Hall–Kier alpha value is -1.65. The van der Waals surface area contributed by atoms with Gasteiger partial charge in [-0.1, -0.05) is 12.8 Å². The molecule has 24 heavy (non-hydrogen) atoms. The molecule has 0 unspecified atom stereocenters. The lowest BCUT2D eigenvalue weighted by Gasteiger charge is -2.40. The van der Waals surface area contributed by atoms with E-state index in [0.29, 0.717) is 23.8 Å². The molecular weight excluding hydrogens is 300 g/mol. The molecule has 1 saturated carbocycles. The van der Waals surface area contributed by atoms with Crippen molar-refractivity contribution < 1.29 is 4.79 Å². The van der Waals surface area contributed by atoms with Gasteiger partial charge in [-0.2, -0.15) is 0 Å². The van der Waals surface area contributed by atoms with Crippen LogP contribution in [0.2, 0.25) is 0 Å². The Morgan fingerprint density at radius 3 is 2.38 bits per heavy atom. The number of carbonyl (C=O) groups is 1. The molecule has 1 aromatic rings. The number of amides is 1. The standard InChI is InChI=1S/C19H28N4O/c24-18(16-6-7-16)23-12-3-1-2-5-17(23)15-8-13-22(14-9-15)19-20-10-4-11-21-19/h4,10-11,15-17H,1-3,5-9,12-14H2/t17-/m0/s1. The van der Waals surface area contributed by atoms with Crippen molar-refractivity contribution >= 4 is 11.9 Å². The van der Waals surface area contributed by atoms with E-state index in [1.807, 2.05) is 18.5 Å². The zero-order chi connectivity index (χ0) is 16.4. The Balaban J connectivity index is 1.41. The number of anilines is 1. The topological polar surface area (TPSA) is 49.3 Å². The molecule has 5 heteroatoms. The van der Waals surface area contributed by atoms with Crippen molar-refractivity contribution in [3.8, 4) is 0 Å². The van der Waals surface area contributed by atoms with Gasteiger partial charge in [0.15, 0.2) is 0 Å². The van der Waals surface area contributed by atoms with Crippen molar-refractivity contribution in [3.63, 3.8) is 0 Å². The molecule has 0 aromatic carbocycles. The summed E-state index contributed by atoms with van der Waals surface area (Å²) in [7, 11) is 0. The molecule has 0 spiro atoms. The molecule has 1 atom stereocenters. The van der Waals surface area contributed by atoms with E-state index in [1.54, 1.807) is 0 Å². The quantitative estimate of drug-likeness (QED) is 0.856. The molecule has 130 valence electrons. The van der Waals surface area contributed by atoms with Gasteiger partial charge in [0.2, 0.25) is 11.9 Å². The second-order valence-electron chi connectivity index (χ2n) is 7.60. The largest absolute Gasteiger partial charge is 0.341 e. The average molecular weight is 328 g/mol. The molecule has 3 heterocycles. The summed E-state index contributed by atoms with van der Waals surface area (Å²) in [6, 6.07) is 2.34. The Labute approximate surface area is 144 Å². The minimum atomic E-state index is 0.350. The van der Waals surface area contributed by atoms with E-state index in [2.05, 4.69) is 19.8 Å². The Morgan fingerprint density at radius 2 is 1.67 bits per heavy atom. The Morgan fingerprint density at radius 1 is 0.917 bits per heavy atom. The Bertz CT molecular complexity index is 552. The van der Waals surface area contributed by atoms with E-state index in [-0.39, 0.29) is 0 Å². The maximum atomic E-state index is 12.7. The molecule has 0 bridgehead atoms. The molecule has 2 saturated heterocycles. The molecule has 1 aliphatic carbocycles.